The number of imidazole rings is 1. The van der Waals surface area contributed by atoms with Crippen molar-refractivity contribution >= 4 is 32.5 Å². The molecule has 0 radical (unpaired) electrons. The molecule has 3 aromatic heterocycles. The molecule has 1 aliphatic carbocycles. The molecule has 4 rings (SSSR count). The maximum Gasteiger partial charge on any atom is 0.431 e. The summed E-state index contributed by atoms with van der Waals surface area (Å²) >= 11 is 0. The molecular weight excluding hydrogens is 513 g/mol. The Labute approximate surface area is 211 Å². The van der Waals surface area contributed by atoms with Crippen molar-refractivity contribution in [3.8, 4) is 11.5 Å². The fourth-order valence-corrected chi connectivity index (χ4v) is 5.22. The Balaban J connectivity index is 1.92. The van der Waals surface area contributed by atoms with Gasteiger partial charge in [0.2, 0.25) is 5.91 Å². The summed E-state index contributed by atoms with van der Waals surface area (Å²) in [6, 6.07) is 2.13. The summed E-state index contributed by atoms with van der Waals surface area (Å²) in [5.74, 6) is -0.518. The van der Waals surface area contributed by atoms with Crippen LogP contribution in [0.15, 0.2) is 28.0 Å². The predicted molar refractivity (Wildman–Crippen MR) is 131 cm³/mol. The summed E-state index contributed by atoms with van der Waals surface area (Å²) < 4.78 is 68.9. The Morgan fingerprint density at radius 3 is 2.38 bits per heavy atom. The van der Waals surface area contributed by atoms with Gasteiger partial charge in [-0.2, -0.15) is 13.2 Å². The van der Waals surface area contributed by atoms with Crippen LogP contribution in [0.1, 0.15) is 32.4 Å². The predicted octanol–water partition coefficient (Wildman–Crippen LogP) is 2.85. The molecule has 1 saturated carbocycles. The van der Waals surface area contributed by atoms with Crippen molar-refractivity contribution in [2.75, 3.05) is 24.9 Å². The molecule has 1 amide bonds. The van der Waals surface area contributed by atoms with E-state index >= 15 is 0 Å². The van der Waals surface area contributed by atoms with E-state index in [2.05, 4.69) is 9.97 Å². The van der Waals surface area contributed by atoms with Crippen molar-refractivity contribution in [3.05, 3.63) is 34.4 Å². The number of carbonyl (C=O) groups is 1. The number of hydrazine groups is 1. The van der Waals surface area contributed by atoms with Crippen LogP contribution in [0, 0.1) is 5.92 Å². The molecule has 10 nitrogen and oxygen atoms in total. The number of rotatable bonds is 7. The first-order valence-electron chi connectivity index (χ1n) is 11.6. The summed E-state index contributed by atoms with van der Waals surface area (Å²) in [6.45, 7) is 2.65. The SMILES string of the molecule is CCn1c(C(F)(F)F)cc2nc(-c3ncc(N(C)N(C)C(=O)C4CC4)cc3S(=O)(=O)CC)n(C)c2c1=O. The van der Waals surface area contributed by atoms with E-state index in [1.807, 2.05) is 0 Å². The number of anilines is 1. The molecule has 37 heavy (non-hydrogen) atoms. The molecule has 0 N–H and O–H groups in total. The van der Waals surface area contributed by atoms with Crippen molar-refractivity contribution in [1.29, 1.82) is 0 Å². The quantitative estimate of drug-likeness (QED) is 0.424. The molecule has 1 fully saturated rings. The zero-order chi connectivity index (χ0) is 27.4. The molecule has 0 unspecified atom stereocenters. The molecule has 0 atom stereocenters. The van der Waals surface area contributed by atoms with Gasteiger partial charge in [0, 0.05) is 33.6 Å². The number of aryl methyl sites for hydroxylation is 1. The largest absolute Gasteiger partial charge is 0.431 e. The summed E-state index contributed by atoms with van der Waals surface area (Å²) in [5.41, 5.74) is -2.17. The Kier molecular flexibility index (Phi) is 6.59. The van der Waals surface area contributed by atoms with E-state index in [0.29, 0.717) is 10.3 Å². The van der Waals surface area contributed by atoms with Crippen LogP contribution in [-0.2, 0) is 34.4 Å². The third-order valence-electron chi connectivity index (χ3n) is 6.58. The van der Waals surface area contributed by atoms with Gasteiger partial charge in [-0.25, -0.2) is 18.4 Å². The maximum atomic E-state index is 13.6. The van der Waals surface area contributed by atoms with Crippen LogP contribution in [-0.4, -0.2) is 58.3 Å². The van der Waals surface area contributed by atoms with Gasteiger partial charge in [-0.05, 0) is 31.9 Å². The van der Waals surface area contributed by atoms with E-state index in [-0.39, 0.29) is 51.6 Å². The topological polar surface area (TPSA) is 110 Å². The van der Waals surface area contributed by atoms with Crippen molar-refractivity contribution < 1.29 is 26.4 Å². The number of amides is 1. The van der Waals surface area contributed by atoms with Crippen LogP contribution in [0.25, 0.3) is 22.6 Å². The highest BCUT2D eigenvalue weighted by atomic mass is 32.2. The number of hydrogen-bond acceptors (Lipinski definition) is 7. The second-order valence-electron chi connectivity index (χ2n) is 8.91. The standard InChI is InChI=1S/C23H27F3N6O4S/c1-6-32-17(23(24,25)26)11-15-19(22(32)34)29(3)20(28-15)18-16(37(35,36)7-2)10-14(12-27-18)30(4)31(5)21(33)13-8-9-13/h10-13H,6-9H2,1-5H3. The zero-order valence-corrected chi connectivity index (χ0v) is 21.8. The number of hydrogen-bond donors (Lipinski definition) is 0. The Morgan fingerprint density at radius 2 is 1.84 bits per heavy atom. The van der Waals surface area contributed by atoms with E-state index in [1.54, 1.807) is 14.1 Å². The van der Waals surface area contributed by atoms with E-state index in [4.69, 9.17) is 0 Å². The van der Waals surface area contributed by atoms with E-state index in [9.17, 15) is 31.2 Å². The smallest absolute Gasteiger partial charge is 0.321 e. The number of halogens is 3. The van der Waals surface area contributed by atoms with E-state index in [0.717, 1.165) is 18.9 Å². The Morgan fingerprint density at radius 1 is 1.19 bits per heavy atom. The number of nitrogens with zero attached hydrogens (tertiary/aromatic N) is 6. The molecule has 3 aromatic rings. The molecule has 0 aliphatic heterocycles. The zero-order valence-electron chi connectivity index (χ0n) is 21.0. The van der Waals surface area contributed by atoms with Crippen LogP contribution in [0.2, 0.25) is 0 Å². The van der Waals surface area contributed by atoms with Gasteiger partial charge in [-0.15, -0.1) is 0 Å². The van der Waals surface area contributed by atoms with Gasteiger partial charge in [0.1, 0.15) is 16.9 Å². The molecule has 0 spiro atoms. The van der Waals surface area contributed by atoms with Crippen molar-refractivity contribution in [3.63, 3.8) is 0 Å². The maximum absolute atomic E-state index is 13.6. The fraction of sp³-hybridized carbons (Fsp3) is 0.478. The lowest BCUT2D eigenvalue weighted by molar-refractivity contribution is -0.144. The van der Waals surface area contributed by atoms with Gasteiger partial charge in [0.25, 0.3) is 5.56 Å². The highest BCUT2D eigenvalue weighted by Crippen LogP contribution is 2.35. The highest BCUT2D eigenvalue weighted by molar-refractivity contribution is 7.91. The van der Waals surface area contributed by atoms with Gasteiger partial charge >= 0.3 is 6.18 Å². The minimum absolute atomic E-state index is 0.0627. The van der Waals surface area contributed by atoms with Gasteiger partial charge in [0.15, 0.2) is 15.7 Å². The van der Waals surface area contributed by atoms with Crippen molar-refractivity contribution in [2.45, 2.75) is 44.3 Å². The molecule has 0 aromatic carbocycles. The molecule has 14 heteroatoms. The first-order valence-corrected chi connectivity index (χ1v) is 13.3. The third kappa shape index (κ3) is 4.58. The summed E-state index contributed by atoms with van der Waals surface area (Å²) in [5, 5.41) is 2.87. The van der Waals surface area contributed by atoms with Gasteiger partial charge in [-0.1, -0.05) is 6.92 Å². The second kappa shape index (κ2) is 9.15. The summed E-state index contributed by atoms with van der Waals surface area (Å²) in [7, 11) is 0.693. The van der Waals surface area contributed by atoms with Gasteiger partial charge in [-0.3, -0.25) is 19.6 Å². The number of sulfone groups is 1. The van der Waals surface area contributed by atoms with Gasteiger partial charge < -0.3 is 9.13 Å². The number of alkyl halides is 3. The second-order valence-corrected chi connectivity index (χ2v) is 11.2. The lowest BCUT2D eigenvalue weighted by Crippen LogP contribution is -2.42. The average Bonchev–Trinajstić information content (AvgIpc) is 3.64. The average molecular weight is 541 g/mol. The molecule has 0 bridgehead atoms. The first-order chi connectivity index (χ1) is 17.2. The third-order valence-corrected chi connectivity index (χ3v) is 8.32. The Bertz CT molecular complexity index is 1560. The van der Waals surface area contributed by atoms with Crippen LogP contribution in [0.3, 0.4) is 0 Å². The minimum Gasteiger partial charge on any atom is -0.321 e. The number of fused-ring (bicyclic) bond motifs is 1. The molecular formula is C23H27F3N6O4S. The highest BCUT2D eigenvalue weighted by Gasteiger charge is 2.36. The number of carbonyl (C=O) groups excluding carboxylic acids is 1. The number of aromatic nitrogens is 4. The van der Waals surface area contributed by atoms with E-state index < -0.39 is 27.3 Å². The number of pyridine rings is 2. The molecule has 1 aliphatic rings. The summed E-state index contributed by atoms with van der Waals surface area (Å²) in [6.07, 6.45) is -1.84. The summed E-state index contributed by atoms with van der Waals surface area (Å²) in [4.78, 5) is 33.8. The monoisotopic (exact) mass is 540 g/mol. The van der Waals surface area contributed by atoms with Crippen LogP contribution in [0.5, 0.6) is 0 Å². The molecule has 0 saturated heterocycles. The minimum atomic E-state index is -4.79. The van der Waals surface area contributed by atoms with Crippen LogP contribution >= 0.6 is 0 Å². The van der Waals surface area contributed by atoms with Crippen LogP contribution in [0.4, 0.5) is 18.9 Å². The Hall–Kier alpha value is -3.42. The van der Waals surface area contributed by atoms with Crippen molar-refractivity contribution in [2.24, 2.45) is 13.0 Å². The van der Waals surface area contributed by atoms with Crippen molar-refractivity contribution in [1.82, 2.24) is 24.1 Å². The van der Waals surface area contributed by atoms with Gasteiger partial charge in [0.05, 0.1) is 28.0 Å². The van der Waals surface area contributed by atoms with Crippen LogP contribution < -0.4 is 10.6 Å². The fourth-order valence-electron chi connectivity index (χ4n) is 4.17. The lowest BCUT2D eigenvalue weighted by Gasteiger charge is -2.30. The lowest BCUT2D eigenvalue weighted by atomic mass is 10.3. The normalized spacial score (nSPS) is 14.3. The molecule has 200 valence electrons. The molecule has 3 heterocycles. The first kappa shape index (κ1) is 26.6. The van der Waals surface area contributed by atoms with E-state index in [1.165, 1.54) is 47.7 Å².